The Morgan fingerprint density at radius 1 is 1.46 bits per heavy atom. The summed E-state index contributed by atoms with van der Waals surface area (Å²) < 4.78 is 4.87. The number of methoxy groups -OCH3 is 1. The molecule has 3 heteroatoms. The third-order valence-electron chi connectivity index (χ3n) is 1.68. The van der Waals surface area contributed by atoms with Gasteiger partial charge in [0, 0.05) is 18.7 Å². The standard InChI is InChI=1S/C10H12O3/c1-7(6-13-2)9-4-3-8(11)5-10(9)12/h3-5,11-12H,1,6H2,2H3. The van der Waals surface area contributed by atoms with E-state index in [2.05, 4.69) is 6.58 Å². The first-order valence-electron chi connectivity index (χ1n) is 3.84. The molecule has 70 valence electrons. The smallest absolute Gasteiger partial charge is 0.126 e. The number of phenolic OH excluding ortho intramolecular Hbond substituents is 2. The van der Waals surface area contributed by atoms with Crippen LogP contribution in [0.25, 0.3) is 5.57 Å². The average Bonchev–Trinajstić information content (AvgIpc) is 2.04. The Kier molecular flexibility index (Phi) is 2.93. The van der Waals surface area contributed by atoms with E-state index in [4.69, 9.17) is 9.84 Å². The summed E-state index contributed by atoms with van der Waals surface area (Å²) in [5, 5.41) is 18.4. The maximum Gasteiger partial charge on any atom is 0.126 e. The fourth-order valence-electron chi connectivity index (χ4n) is 1.07. The first kappa shape index (κ1) is 9.61. The molecule has 0 aliphatic heterocycles. The van der Waals surface area contributed by atoms with E-state index in [9.17, 15) is 5.11 Å². The molecule has 0 heterocycles. The molecule has 0 spiro atoms. The van der Waals surface area contributed by atoms with Crippen LogP contribution in [0, 0.1) is 0 Å². The second-order valence-corrected chi connectivity index (χ2v) is 2.74. The molecule has 0 radical (unpaired) electrons. The number of hydrogen-bond acceptors (Lipinski definition) is 3. The molecule has 0 atom stereocenters. The maximum absolute atomic E-state index is 9.41. The largest absolute Gasteiger partial charge is 0.508 e. The Labute approximate surface area is 76.9 Å². The SMILES string of the molecule is C=C(COC)c1ccc(O)cc1O. The van der Waals surface area contributed by atoms with Crippen LogP contribution in [0.15, 0.2) is 24.8 Å². The summed E-state index contributed by atoms with van der Waals surface area (Å²) in [5.74, 6) is 0.0496. The quantitative estimate of drug-likeness (QED) is 0.745. The van der Waals surface area contributed by atoms with E-state index in [1.807, 2.05) is 0 Å². The highest BCUT2D eigenvalue weighted by atomic mass is 16.5. The zero-order chi connectivity index (χ0) is 9.84. The van der Waals surface area contributed by atoms with Crippen LogP contribution in [-0.4, -0.2) is 23.9 Å². The lowest BCUT2D eigenvalue weighted by molar-refractivity contribution is 0.239. The van der Waals surface area contributed by atoms with Gasteiger partial charge >= 0.3 is 0 Å². The minimum atomic E-state index is 0.0158. The van der Waals surface area contributed by atoms with E-state index < -0.39 is 0 Å². The highest BCUT2D eigenvalue weighted by Crippen LogP contribution is 2.27. The van der Waals surface area contributed by atoms with Crippen LogP contribution >= 0.6 is 0 Å². The number of aromatic hydroxyl groups is 2. The molecule has 0 aromatic heterocycles. The van der Waals surface area contributed by atoms with Crippen molar-refractivity contribution in [2.45, 2.75) is 0 Å². The molecule has 0 aliphatic rings. The number of ether oxygens (including phenoxy) is 1. The molecular weight excluding hydrogens is 168 g/mol. The van der Waals surface area contributed by atoms with Crippen LogP contribution < -0.4 is 0 Å². The summed E-state index contributed by atoms with van der Waals surface area (Å²) in [7, 11) is 1.56. The lowest BCUT2D eigenvalue weighted by atomic mass is 10.1. The van der Waals surface area contributed by atoms with E-state index in [-0.39, 0.29) is 11.5 Å². The van der Waals surface area contributed by atoms with Crippen molar-refractivity contribution in [3.05, 3.63) is 30.3 Å². The summed E-state index contributed by atoms with van der Waals surface area (Å²) in [4.78, 5) is 0. The third kappa shape index (κ3) is 2.23. The zero-order valence-electron chi connectivity index (χ0n) is 7.45. The molecule has 2 N–H and O–H groups in total. The zero-order valence-corrected chi connectivity index (χ0v) is 7.45. The molecule has 1 rings (SSSR count). The van der Waals surface area contributed by atoms with Gasteiger partial charge in [-0.25, -0.2) is 0 Å². The molecule has 1 aromatic rings. The van der Waals surface area contributed by atoms with Gasteiger partial charge in [-0.15, -0.1) is 0 Å². The van der Waals surface area contributed by atoms with E-state index in [1.165, 1.54) is 12.1 Å². The molecule has 0 saturated carbocycles. The summed E-state index contributed by atoms with van der Waals surface area (Å²) in [6, 6.07) is 4.37. The molecule has 1 aromatic carbocycles. The van der Waals surface area contributed by atoms with Crippen molar-refractivity contribution >= 4 is 5.57 Å². The van der Waals surface area contributed by atoms with Crippen molar-refractivity contribution in [3.8, 4) is 11.5 Å². The topological polar surface area (TPSA) is 49.7 Å². The van der Waals surface area contributed by atoms with Crippen molar-refractivity contribution in [1.82, 2.24) is 0 Å². The molecule has 13 heavy (non-hydrogen) atoms. The van der Waals surface area contributed by atoms with Crippen LogP contribution in [0.5, 0.6) is 11.5 Å². The minimum Gasteiger partial charge on any atom is -0.508 e. The maximum atomic E-state index is 9.41. The lowest BCUT2D eigenvalue weighted by Gasteiger charge is -2.06. The first-order valence-corrected chi connectivity index (χ1v) is 3.84. The number of rotatable bonds is 3. The van der Waals surface area contributed by atoms with E-state index in [0.717, 1.165) is 0 Å². The molecule has 0 amide bonds. The summed E-state index contributed by atoms with van der Waals surface area (Å²) >= 11 is 0. The molecule has 0 aliphatic carbocycles. The van der Waals surface area contributed by atoms with Crippen LogP contribution in [0.1, 0.15) is 5.56 Å². The Bertz CT molecular complexity index is 318. The van der Waals surface area contributed by atoms with E-state index >= 15 is 0 Å². The van der Waals surface area contributed by atoms with Crippen molar-refractivity contribution in [1.29, 1.82) is 0 Å². The number of hydrogen-bond donors (Lipinski definition) is 2. The van der Waals surface area contributed by atoms with Gasteiger partial charge in [0.1, 0.15) is 11.5 Å². The van der Waals surface area contributed by atoms with Gasteiger partial charge in [-0.1, -0.05) is 6.58 Å². The van der Waals surface area contributed by atoms with Crippen molar-refractivity contribution in [2.75, 3.05) is 13.7 Å². The molecule has 0 saturated heterocycles. The predicted octanol–water partition coefficient (Wildman–Crippen LogP) is 1.76. The Morgan fingerprint density at radius 3 is 2.69 bits per heavy atom. The van der Waals surface area contributed by atoms with Crippen molar-refractivity contribution < 1.29 is 14.9 Å². The Balaban J connectivity index is 2.95. The normalized spacial score (nSPS) is 9.92. The van der Waals surface area contributed by atoms with Crippen molar-refractivity contribution in [2.24, 2.45) is 0 Å². The third-order valence-corrected chi connectivity index (χ3v) is 1.68. The van der Waals surface area contributed by atoms with Gasteiger partial charge in [-0.05, 0) is 17.7 Å². The van der Waals surface area contributed by atoms with Gasteiger partial charge in [0.2, 0.25) is 0 Å². The highest BCUT2D eigenvalue weighted by Gasteiger charge is 2.05. The summed E-state index contributed by atoms with van der Waals surface area (Å²) in [6.45, 7) is 4.10. The first-order chi connectivity index (χ1) is 6.15. The molecule has 0 unspecified atom stereocenters. The van der Waals surface area contributed by atoms with E-state index in [1.54, 1.807) is 13.2 Å². The molecule has 3 nitrogen and oxygen atoms in total. The van der Waals surface area contributed by atoms with Gasteiger partial charge in [-0.2, -0.15) is 0 Å². The Hall–Kier alpha value is -1.48. The predicted molar refractivity (Wildman–Crippen MR) is 50.7 cm³/mol. The van der Waals surface area contributed by atoms with Gasteiger partial charge < -0.3 is 14.9 Å². The van der Waals surface area contributed by atoms with Crippen LogP contribution in [0.2, 0.25) is 0 Å². The molecule has 0 fully saturated rings. The molecule has 0 bridgehead atoms. The summed E-state index contributed by atoms with van der Waals surface area (Å²) in [6.07, 6.45) is 0. The van der Waals surface area contributed by atoms with Crippen molar-refractivity contribution in [3.63, 3.8) is 0 Å². The van der Waals surface area contributed by atoms with Crippen LogP contribution in [-0.2, 0) is 4.74 Å². The number of phenols is 2. The number of benzene rings is 1. The van der Waals surface area contributed by atoms with Gasteiger partial charge in [0.15, 0.2) is 0 Å². The minimum absolute atomic E-state index is 0.0158. The van der Waals surface area contributed by atoms with Crippen LogP contribution in [0.3, 0.4) is 0 Å². The molecular formula is C10H12O3. The fraction of sp³-hybridized carbons (Fsp3) is 0.200. The monoisotopic (exact) mass is 180 g/mol. The van der Waals surface area contributed by atoms with Gasteiger partial charge in [-0.3, -0.25) is 0 Å². The second-order valence-electron chi connectivity index (χ2n) is 2.74. The Morgan fingerprint density at radius 2 is 2.15 bits per heavy atom. The lowest BCUT2D eigenvalue weighted by Crippen LogP contribution is -1.92. The van der Waals surface area contributed by atoms with Crippen LogP contribution in [0.4, 0.5) is 0 Å². The van der Waals surface area contributed by atoms with Gasteiger partial charge in [0.05, 0.1) is 6.61 Å². The van der Waals surface area contributed by atoms with E-state index in [0.29, 0.717) is 17.7 Å². The average molecular weight is 180 g/mol. The summed E-state index contributed by atoms with van der Waals surface area (Å²) in [5.41, 5.74) is 1.28. The fourth-order valence-corrected chi connectivity index (χ4v) is 1.07. The highest BCUT2D eigenvalue weighted by molar-refractivity contribution is 5.69. The van der Waals surface area contributed by atoms with Gasteiger partial charge in [0.25, 0.3) is 0 Å². The second kappa shape index (κ2) is 3.96.